The number of carbonyl (C=O) groups is 1. The summed E-state index contributed by atoms with van der Waals surface area (Å²) < 4.78 is 5.70. The van der Waals surface area contributed by atoms with E-state index in [1.807, 2.05) is 42.7 Å². The molecule has 0 atom stereocenters. The van der Waals surface area contributed by atoms with Crippen LogP contribution in [0.1, 0.15) is 10.5 Å². The minimum atomic E-state index is -0.349. The van der Waals surface area contributed by atoms with Crippen LogP contribution in [-0.4, -0.2) is 17.1 Å². The summed E-state index contributed by atoms with van der Waals surface area (Å²) in [6, 6.07) is 16.5. The average Bonchev–Trinajstić information content (AvgIpc) is 3.02. The SMILES string of the molecule is CSc1oc(-c2ccccc2)nc1C(=O)Nc1ccccc1N. The Bertz CT molecular complexity index is 831. The van der Waals surface area contributed by atoms with Gasteiger partial charge < -0.3 is 15.5 Å². The number of hydrogen-bond acceptors (Lipinski definition) is 5. The lowest BCUT2D eigenvalue weighted by molar-refractivity contribution is 0.101. The van der Waals surface area contributed by atoms with Crippen molar-refractivity contribution in [1.82, 2.24) is 4.98 Å². The van der Waals surface area contributed by atoms with Gasteiger partial charge in [-0.15, -0.1) is 0 Å². The molecule has 0 unspecified atom stereocenters. The molecule has 0 aliphatic carbocycles. The average molecular weight is 325 g/mol. The molecule has 23 heavy (non-hydrogen) atoms. The monoisotopic (exact) mass is 325 g/mol. The Hall–Kier alpha value is -2.73. The number of anilines is 2. The number of nitrogens with two attached hydrogens (primary N) is 1. The summed E-state index contributed by atoms with van der Waals surface area (Å²) in [4.78, 5) is 16.8. The van der Waals surface area contributed by atoms with Crippen LogP contribution in [0.3, 0.4) is 0 Å². The van der Waals surface area contributed by atoms with Crippen LogP contribution in [0, 0.1) is 0 Å². The molecular formula is C17H15N3O2S. The van der Waals surface area contributed by atoms with E-state index in [2.05, 4.69) is 10.3 Å². The van der Waals surface area contributed by atoms with Crippen LogP contribution in [0.15, 0.2) is 64.1 Å². The lowest BCUT2D eigenvalue weighted by Crippen LogP contribution is -2.14. The minimum Gasteiger partial charge on any atom is -0.429 e. The van der Waals surface area contributed by atoms with Crippen LogP contribution >= 0.6 is 11.8 Å². The van der Waals surface area contributed by atoms with Crippen LogP contribution in [0.2, 0.25) is 0 Å². The number of hydrogen-bond donors (Lipinski definition) is 2. The molecule has 3 rings (SSSR count). The highest BCUT2D eigenvalue weighted by atomic mass is 32.2. The van der Waals surface area contributed by atoms with Gasteiger partial charge in [-0.25, -0.2) is 4.98 Å². The zero-order valence-electron chi connectivity index (χ0n) is 12.4. The number of aromatic nitrogens is 1. The molecule has 5 nitrogen and oxygen atoms in total. The molecule has 0 saturated heterocycles. The van der Waals surface area contributed by atoms with Crippen molar-refractivity contribution < 1.29 is 9.21 Å². The molecule has 0 fully saturated rings. The number of benzene rings is 2. The molecule has 0 spiro atoms. The summed E-state index contributed by atoms with van der Waals surface area (Å²) in [7, 11) is 0. The minimum absolute atomic E-state index is 0.250. The van der Waals surface area contributed by atoms with Crippen molar-refractivity contribution in [2.75, 3.05) is 17.3 Å². The number of oxazole rings is 1. The van der Waals surface area contributed by atoms with Gasteiger partial charge in [0.25, 0.3) is 5.91 Å². The topological polar surface area (TPSA) is 81.2 Å². The maximum Gasteiger partial charge on any atom is 0.278 e. The van der Waals surface area contributed by atoms with Crippen molar-refractivity contribution >= 4 is 29.0 Å². The molecule has 6 heteroatoms. The second kappa shape index (κ2) is 6.58. The van der Waals surface area contributed by atoms with E-state index in [0.717, 1.165) is 5.56 Å². The third kappa shape index (κ3) is 3.22. The molecule has 0 aliphatic heterocycles. The predicted octanol–water partition coefficient (Wildman–Crippen LogP) is 3.90. The molecule has 3 N–H and O–H groups in total. The van der Waals surface area contributed by atoms with Crippen LogP contribution in [0.5, 0.6) is 0 Å². The zero-order chi connectivity index (χ0) is 16.2. The van der Waals surface area contributed by atoms with Crippen molar-refractivity contribution in [2.24, 2.45) is 0 Å². The molecule has 0 saturated carbocycles. The highest BCUT2D eigenvalue weighted by Crippen LogP contribution is 2.28. The van der Waals surface area contributed by atoms with Gasteiger partial charge in [0.05, 0.1) is 11.4 Å². The van der Waals surface area contributed by atoms with Crippen molar-refractivity contribution in [2.45, 2.75) is 5.09 Å². The molecule has 1 heterocycles. The highest BCUT2D eigenvalue weighted by molar-refractivity contribution is 7.98. The fraction of sp³-hybridized carbons (Fsp3) is 0.0588. The van der Waals surface area contributed by atoms with Gasteiger partial charge in [0.1, 0.15) is 0 Å². The second-order valence-electron chi connectivity index (χ2n) is 4.77. The van der Waals surface area contributed by atoms with Gasteiger partial charge in [-0.2, -0.15) is 0 Å². The fourth-order valence-electron chi connectivity index (χ4n) is 2.08. The van der Waals surface area contributed by atoms with Gasteiger partial charge in [0, 0.05) is 5.56 Å². The predicted molar refractivity (Wildman–Crippen MR) is 92.5 cm³/mol. The Morgan fingerprint density at radius 1 is 1.13 bits per heavy atom. The Labute approximate surface area is 137 Å². The van der Waals surface area contributed by atoms with E-state index >= 15 is 0 Å². The first-order chi connectivity index (χ1) is 11.2. The Morgan fingerprint density at radius 2 is 1.83 bits per heavy atom. The van der Waals surface area contributed by atoms with E-state index in [4.69, 9.17) is 10.2 Å². The molecule has 0 radical (unpaired) electrons. The first-order valence-corrected chi connectivity index (χ1v) is 8.17. The van der Waals surface area contributed by atoms with Crippen molar-refractivity contribution in [3.63, 3.8) is 0 Å². The Morgan fingerprint density at radius 3 is 2.52 bits per heavy atom. The quantitative estimate of drug-likeness (QED) is 0.561. The van der Waals surface area contributed by atoms with Crippen LogP contribution in [0.4, 0.5) is 11.4 Å². The summed E-state index contributed by atoms with van der Waals surface area (Å²) in [6.45, 7) is 0. The number of amides is 1. The second-order valence-corrected chi connectivity index (χ2v) is 5.55. The van der Waals surface area contributed by atoms with E-state index < -0.39 is 0 Å². The summed E-state index contributed by atoms with van der Waals surface area (Å²) in [5, 5.41) is 3.23. The van der Waals surface area contributed by atoms with Gasteiger partial charge in [-0.3, -0.25) is 4.79 Å². The smallest absolute Gasteiger partial charge is 0.278 e. The van der Waals surface area contributed by atoms with Crippen LogP contribution < -0.4 is 11.1 Å². The van der Waals surface area contributed by atoms with Gasteiger partial charge in [0.2, 0.25) is 5.89 Å². The number of nitrogens with one attached hydrogen (secondary N) is 1. The van der Waals surface area contributed by atoms with E-state index in [1.54, 1.807) is 18.2 Å². The number of rotatable bonds is 4. The van der Waals surface area contributed by atoms with Gasteiger partial charge in [-0.1, -0.05) is 42.1 Å². The third-order valence-electron chi connectivity index (χ3n) is 3.23. The summed E-state index contributed by atoms with van der Waals surface area (Å²) in [5.41, 5.74) is 7.97. The van der Waals surface area contributed by atoms with Crippen LogP contribution in [0.25, 0.3) is 11.5 Å². The molecule has 0 bridgehead atoms. The maximum atomic E-state index is 12.5. The first-order valence-electron chi connectivity index (χ1n) is 6.95. The van der Waals surface area contributed by atoms with E-state index in [-0.39, 0.29) is 11.6 Å². The van der Waals surface area contributed by atoms with Gasteiger partial charge >= 0.3 is 0 Å². The van der Waals surface area contributed by atoms with Crippen molar-refractivity contribution in [3.8, 4) is 11.5 Å². The fourth-order valence-corrected chi connectivity index (χ4v) is 2.58. The number of thioether (sulfide) groups is 1. The Balaban J connectivity index is 1.91. The lowest BCUT2D eigenvalue weighted by Gasteiger charge is -2.06. The summed E-state index contributed by atoms with van der Waals surface area (Å²) >= 11 is 1.33. The standard InChI is InChI=1S/C17H15N3O2S/c1-23-17-14(15(21)19-13-10-6-5-9-12(13)18)20-16(22-17)11-7-3-2-4-8-11/h2-10H,18H2,1H3,(H,19,21). The van der Waals surface area contributed by atoms with Crippen LogP contribution in [-0.2, 0) is 0 Å². The third-order valence-corrected chi connectivity index (χ3v) is 3.87. The summed E-state index contributed by atoms with van der Waals surface area (Å²) in [5.74, 6) is 0.0688. The molecule has 116 valence electrons. The number of nitrogen functional groups attached to an aromatic ring is 1. The number of carbonyl (C=O) groups excluding carboxylic acids is 1. The largest absolute Gasteiger partial charge is 0.429 e. The molecule has 3 aromatic rings. The van der Waals surface area contributed by atoms with Crippen molar-refractivity contribution in [1.29, 1.82) is 0 Å². The Kier molecular flexibility index (Phi) is 4.34. The van der Waals surface area contributed by atoms with Crippen molar-refractivity contribution in [3.05, 3.63) is 60.3 Å². The molecule has 1 aromatic heterocycles. The summed E-state index contributed by atoms with van der Waals surface area (Å²) in [6.07, 6.45) is 1.84. The normalized spacial score (nSPS) is 10.5. The van der Waals surface area contributed by atoms with E-state index in [0.29, 0.717) is 22.4 Å². The maximum absolute atomic E-state index is 12.5. The first kappa shape index (κ1) is 15.2. The molecule has 2 aromatic carbocycles. The van der Waals surface area contributed by atoms with E-state index in [9.17, 15) is 4.79 Å². The van der Waals surface area contributed by atoms with Gasteiger partial charge in [0.15, 0.2) is 10.8 Å². The molecule has 0 aliphatic rings. The van der Waals surface area contributed by atoms with Gasteiger partial charge in [-0.05, 0) is 30.5 Å². The zero-order valence-corrected chi connectivity index (χ0v) is 13.3. The highest BCUT2D eigenvalue weighted by Gasteiger charge is 2.21. The number of nitrogens with zero attached hydrogens (tertiary/aromatic N) is 1. The molecular weight excluding hydrogens is 310 g/mol. The lowest BCUT2D eigenvalue weighted by atomic mass is 10.2. The molecule has 1 amide bonds. The van der Waals surface area contributed by atoms with E-state index in [1.165, 1.54) is 11.8 Å². The number of para-hydroxylation sites is 2.